The number of thiazole rings is 1. The molecular weight excluding hydrogens is 309 g/mol. The van der Waals surface area contributed by atoms with Crippen molar-refractivity contribution >= 4 is 11.3 Å². The highest BCUT2D eigenvalue weighted by Crippen LogP contribution is 2.35. The fourth-order valence-corrected chi connectivity index (χ4v) is 4.13. The van der Waals surface area contributed by atoms with Gasteiger partial charge in [-0.2, -0.15) is 5.10 Å². The van der Waals surface area contributed by atoms with E-state index >= 15 is 0 Å². The Balaban J connectivity index is 1.48. The van der Waals surface area contributed by atoms with Crippen LogP contribution in [0.1, 0.15) is 42.3 Å². The number of benzene rings is 1. The number of hydrogen-bond acceptors (Lipinski definition) is 3. The standard InChI is InChI=1S/C18H18FN3S/c19-15-7-5-13(6-8-15)17-9-10-22(21-17)11-16-12-23-18(20-16)14-3-1-2-4-14/h5-10,12,14H,1-4,11H2. The fourth-order valence-electron chi connectivity index (χ4n) is 3.15. The zero-order chi connectivity index (χ0) is 15.6. The third-order valence-corrected chi connectivity index (χ3v) is 5.43. The van der Waals surface area contributed by atoms with Crippen LogP contribution in [0.2, 0.25) is 0 Å². The van der Waals surface area contributed by atoms with E-state index in [9.17, 15) is 4.39 Å². The van der Waals surface area contributed by atoms with E-state index in [0.29, 0.717) is 12.5 Å². The molecule has 0 spiro atoms. The highest BCUT2D eigenvalue weighted by atomic mass is 32.1. The van der Waals surface area contributed by atoms with Crippen LogP contribution in [0.3, 0.4) is 0 Å². The first kappa shape index (κ1) is 14.6. The van der Waals surface area contributed by atoms with Gasteiger partial charge in [0.1, 0.15) is 5.82 Å². The largest absolute Gasteiger partial charge is 0.266 e. The van der Waals surface area contributed by atoms with Crippen LogP contribution in [0, 0.1) is 5.82 Å². The van der Waals surface area contributed by atoms with Gasteiger partial charge in [-0.3, -0.25) is 4.68 Å². The van der Waals surface area contributed by atoms with Crippen LogP contribution in [0.15, 0.2) is 41.9 Å². The number of hydrogen-bond donors (Lipinski definition) is 0. The summed E-state index contributed by atoms with van der Waals surface area (Å²) in [6.45, 7) is 0.685. The summed E-state index contributed by atoms with van der Waals surface area (Å²) in [6, 6.07) is 8.38. The lowest BCUT2D eigenvalue weighted by molar-refractivity contribution is 0.628. The van der Waals surface area contributed by atoms with Crippen LogP contribution in [-0.4, -0.2) is 14.8 Å². The van der Waals surface area contributed by atoms with Crippen molar-refractivity contribution in [1.29, 1.82) is 0 Å². The van der Waals surface area contributed by atoms with Gasteiger partial charge in [-0.25, -0.2) is 9.37 Å². The molecular formula is C18H18FN3S. The molecule has 1 saturated carbocycles. The van der Waals surface area contributed by atoms with Crippen LogP contribution in [0.4, 0.5) is 4.39 Å². The Kier molecular flexibility index (Phi) is 3.95. The van der Waals surface area contributed by atoms with Crippen LogP contribution in [-0.2, 0) is 6.54 Å². The zero-order valence-corrected chi connectivity index (χ0v) is 13.6. The minimum absolute atomic E-state index is 0.227. The maximum absolute atomic E-state index is 13.0. The van der Waals surface area contributed by atoms with Gasteiger partial charge in [-0.15, -0.1) is 11.3 Å². The van der Waals surface area contributed by atoms with E-state index in [4.69, 9.17) is 4.98 Å². The number of halogens is 1. The molecule has 0 bridgehead atoms. The summed E-state index contributed by atoms with van der Waals surface area (Å²) in [4.78, 5) is 4.79. The minimum atomic E-state index is -0.227. The zero-order valence-electron chi connectivity index (χ0n) is 12.8. The van der Waals surface area contributed by atoms with Gasteiger partial charge in [0.25, 0.3) is 0 Å². The van der Waals surface area contributed by atoms with Crippen LogP contribution in [0.25, 0.3) is 11.3 Å². The van der Waals surface area contributed by atoms with Gasteiger partial charge in [0.2, 0.25) is 0 Å². The topological polar surface area (TPSA) is 30.7 Å². The number of aromatic nitrogens is 3. The lowest BCUT2D eigenvalue weighted by Gasteiger charge is -2.03. The number of rotatable bonds is 4. The molecule has 0 saturated heterocycles. The van der Waals surface area contributed by atoms with Crippen molar-refractivity contribution < 1.29 is 4.39 Å². The third-order valence-electron chi connectivity index (χ3n) is 4.38. The summed E-state index contributed by atoms with van der Waals surface area (Å²) in [5.41, 5.74) is 2.86. The van der Waals surface area contributed by atoms with E-state index in [1.807, 2.05) is 16.9 Å². The summed E-state index contributed by atoms with van der Waals surface area (Å²) in [6.07, 6.45) is 7.18. The molecule has 1 aliphatic rings. The van der Waals surface area contributed by atoms with Crippen molar-refractivity contribution in [2.75, 3.05) is 0 Å². The Morgan fingerprint density at radius 3 is 2.70 bits per heavy atom. The van der Waals surface area contributed by atoms with Gasteiger partial charge >= 0.3 is 0 Å². The first-order chi connectivity index (χ1) is 11.3. The molecule has 23 heavy (non-hydrogen) atoms. The Morgan fingerprint density at radius 2 is 1.91 bits per heavy atom. The van der Waals surface area contributed by atoms with Crippen molar-refractivity contribution in [2.24, 2.45) is 0 Å². The van der Waals surface area contributed by atoms with Gasteiger partial charge in [0, 0.05) is 23.1 Å². The average Bonchev–Trinajstić information content (AvgIpc) is 3.29. The van der Waals surface area contributed by atoms with E-state index in [1.54, 1.807) is 23.5 Å². The summed E-state index contributed by atoms with van der Waals surface area (Å²) < 4.78 is 14.9. The van der Waals surface area contributed by atoms with E-state index in [-0.39, 0.29) is 5.82 Å². The summed E-state index contributed by atoms with van der Waals surface area (Å²) in [7, 11) is 0. The van der Waals surface area contributed by atoms with Gasteiger partial charge in [-0.1, -0.05) is 12.8 Å². The Hall–Kier alpha value is -2.01. The molecule has 1 aromatic carbocycles. The van der Waals surface area contributed by atoms with Gasteiger partial charge in [-0.05, 0) is 43.2 Å². The number of nitrogens with zero attached hydrogens (tertiary/aromatic N) is 3. The Morgan fingerprint density at radius 1 is 1.13 bits per heavy atom. The molecule has 3 aromatic rings. The summed E-state index contributed by atoms with van der Waals surface area (Å²) in [5, 5.41) is 8.00. The van der Waals surface area contributed by atoms with Gasteiger partial charge in [0.15, 0.2) is 0 Å². The Labute approximate surface area is 138 Å². The van der Waals surface area contributed by atoms with Crippen molar-refractivity contribution in [1.82, 2.24) is 14.8 Å². The third kappa shape index (κ3) is 3.20. The minimum Gasteiger partial charge on any atom is -0.266 e. The Bertz CT molecular complexity index is 785. The first-order valence-electron chi connectivity index (χ1n) is 8.01. The van der Waals surface area contributed by atoms with Crippen LogP contribution in [0.5, 0.6) is 0 Å². The average molecular weight is 327 g/mol. The van der Waals surface area contributed by atoms with E-state index in [1.165, 1.54) is 42.8 Å². The highest BCUT2D eigenvalue weighted by molar-refractivity contribution is 7.09. The smallest absolute Gasteiger partial charge is 0.123 e. The lowest BCUT2D eigenvalue weighted by Crippen LogP contribution is -2.01. The second kappa shape index (κ2) is 6.24. The molecule has 5 heteroatoms. The predicted octanol–water partition coefficient (Wildman–Crippen LogP) is 4.85. The van der Waals surface area contributed by atoms with Crippen LogP contribution >= 0.6 is 11.3 Å². The fraction of sp³-hybridized carbons (Fsp3) is 0.333. The van der Waals surface area contributed by atoms with Crippen molar-refractivity contribution in [2.45, 2.75) is 38.1 Å². The first-order valence-corrected chi connectivity index (χ1v) is 8.89. The molecule has 1 aliphatic carbocycles. The van der Waals surface area contributed by atoms with E-state index < -0.39 is 0 Å². The summed E-state index contributed by atoms with van der Waals surface area (Å²) in [5.74, 6) is 0.441. The molecule has 3 nitrogen and oxygen atoms in total. The molecule has 1 fully saturated rings. The molecule has 0 amide bonds. The summed E-state index contributed by atoms with van der Waals surface area (Å²) >= 11 is 1.78. The molecule has 0 unspecified atom stereocenters. The molecule has 4 rings (SSSR count). The van der Waals surface area contributed by atoms with Crippen LogP contribution < -0.4 is 0 Å². The highest BCUT2D eigenvalue weighted by Gasteiger charge is 2.20. The van der Waals surface area contributed by atoms with Crippen molar-refractivity contribution in [3.8, 4) is 11.3 Å². The second-order valence-corrected chi connectivity index (χ2v) is 6.95. The molecule has 2 aromatic heterocycles. The van der Waals surface area contributed by atoms with Gasteiger partial charge < -0.3 is 0 Å². The lowest BCUT2D eigenvalue weighted by atomic mass is 10.1. The maximum Gasteiger partial charge on any atom is 0.123 e. The van der Waals surface area contributed by atoms with E-state index in [0.717, 1.165) is 17.0 Å². The molecule has 0 radical (unpaired) electrons. The molecule has 0 aliphatic heterocycles. The van der Waals surface area contributed by atoms with E-state index in [2.05, 4.69) is 10.5 Å². The second-order valence-electron chi connectivity index (χ2n) is 6.06. The monoisotopic (exact) mass is 327 g/mol. The molecule has 118 valence electrons. The predicted molar refractivity (Wildman–Crippen MR) is 90.0 cm³/mol. The molecule has 0 atom stereocenters. The van der Waals surface area contributed by atoms with Crippen molar-refractivity contribution in [3.63, 3.8) is 0 Å². The maximum atomic E-state index is 13.0. The van der Waals surface area contributed by atoms with Gasteiger partial charge in [0.05, 0.1) is 22.9 Å². The SMILES string of the molecule is Fc1ccc(-c2ccn(Cc3csc(C4CCCC4)n3)n2)cc1. The van der Waals surface area contributed by atoms with Crippen molar-refractivity contribution in [3.05, 3.63) is 58.4 Å². The normalized spacial score (nSPS) is 15.3. The molecule has 2 heterocycles. The quantitative estimate of drug-likeness (QED) is 0.685. The molecule has 0 N–H and O–H groups in total.